The number of aliphatic imine (C=N–C) groups is 1. The van der Waals surface area contributed by atoms with E-state index in [9.17, 15) is 0 Å². The first-order valence-electron chi connectivity index (χ1n) is 7.26. The van der Waals surface area contributed by atoms with Crippen molar-refractivity contribution in [3.05, 3.63) is 35.9 Å². The van der Waals surface area contributed by atoms with E-state index in [0.717, 1.165) is 25.9 Å². The summed E-state index contributed by atoms with van der Waals surface area (Å²) in [6.45, 7) is 6.00. The molecule has 0 atom stereocenters. The highest BCUT2D eigenvalue weighted by Gasteiger charge is 1.95. The summed E-state index contributed by atoms with van der Waals surface area (Å²) < 4.78 is 0. The minimum Gasteiger partial charge on any atom is -0.370 e. The van der Waals surface area contributed by atoms with Crippen LogP contribution in [-0.4, -0.2) is 19.0 Å². The predicted octanol–water partition coefficient (Wildman–Crippen LogP) is 2.96. The van der Waals surface area contributed by atoms with Gasteiger partial charge in [-0.3, -0.25) is 4.99 Å². The number of rotatable bonds is 8. The molecular weight excluding hydrogens is 234 g/mol. The first kappa shape index (κ1) is 15.5. The van der Waals surface area contributed by atoms with E-state index >= 15 is 0 Å². The normalized spacial score (nSPS) is 11.8. The number of unbranched alkanes of at least 4 members (excludes halogenated alkanes) is 2. The molecule has 3 N–H and O–H groups in total. The van der Waals surface area contributed by atoms with Crippen LogP contribution in [0.3, 0.4) is 0 Å². The van der Waals surface area contributed by atoms with Gasteiger partial charge in [0.25, 0.3) is 0 Å². The maximum Gasteiger partial charge on any atom is 0.188 e. The van der Waals surface area contributed by atoms with Gasteiger partial charge in [-0.15, -0.1) is 0 Å². The molecule has 1 aromatic rings. The lowest BCUT2D eigenvalue weighted by molar-refractivity contribution is 0.647. The van der Waals surface area contributed by atoms with Gasteiger partial charge in [0.15, 0.2) is 5.96 Å². The molecule has 1 rings (SSSR count). The van der Waals surface area contributed by atoms with Crippen molar-refractivity contribution in [3.63, 3.8) is 0 Å². The van der Waals surface area contributed by atoms with Crippen LogP contribution in [0.1, 0.15) is 38.7 Å². The summed E-state index contributed by atoms with van der Waals surface area (Å²) in [5, 5.41) is 3.16. The summed E-state index contributed by atoms with van der Waals surface area (Å²) in [5.41, 5.74) is 7.19. The molecule has 3 heteroatoms. The lowest BCUT2D eigenvalue weighted by Crippen LogP contribution is -2.32. The number of aryl methyl sites for hydroxylation is 1. The Labute approximate surface area is 117 Å². The quantitative estimate of drug-likeness (QED) is 0.429. The van der Waals surface area contributed by atoms with Crippen LogP contribution >= 0.6 is 0 Å². The molecule has 0 spiro atoms. The largest absolute Gasteiger partial charge is 0.370 e. The van der Waals surface area contributed by atoms with Crippen molar-refractivity contribution in [1.82, 2.24) is 5.32 Å². The Morgan fingerprint density at radius 3 is 2.58 bits per heavy atom. The molecule has 106 valence electrons. The third kappa shape index (κ3) is 8.25. The van der Waals surface area contributed by atoms with E-state index in [1.54, 1.807) is 0 Å². The highest BCUT2D eigenvalue weighted by atomic mass is 15.1. The molecule has 0 fully saturated rings. The molecule has 0 bridgehead atoms. The van der Waals surface area contributed by atoms with Crippen molar-refractivity contribution < 1.29 is 0 Å². The molecule has 0 aromatic heterocycles. The lowest BCUT2D eigenvalue weighted by Gasteiger charge is -2.06. The molecule has 3 nitrogen and oxygen atoms in total. The van der Waals surface area contributed by atoms with Gasteiger partial charge in [-0.05, 0) is 30.7 Å². The van der Waals surface area contributed by atoms with Crippen molar-refractivity contribution in [2.75, 3.05) is 13.1 Å². The van der Waals surface area contributed by atoms with Crippen LogP contribution in [0.2, 0.25) is 0 Å². The van der Waals surface area contributed by atoms with Crippen molar-refractivity contribution >= 4 is 5.96 Å². The van der Waals surface area contributed by atoms with Gasteiger partial charge in [0.1, 0.15) is 0 Å². The molecule has 0 radical (unpaired) electrons. The van der Waals surface area contributed by atoms with Crippen molar-refractivity contribution in [3.8, 4) is 0 Å². The smallest absolute Gasteiger partial charge is 0.188 e. The SMILES string of the molecule is CC(C)CN=C(N)NCCCCCc1ccccc1. The van der Waals surface area contributed by atoms with E-state index in [2.05, 4.69) is 54.5 Å². The molecule has 0 saturated heterocycles. The third-order valence-electron chi connectivity index (χ3n) is 2.92. The Balaban J connectivity index is 2.01. The van der Waals surface area contributed by atoms with Crippen molar-refractivity contribution in [2.24, 2.45) is 16.6 Å². The van der Waals surface area contributed by atoms with Gasteiger partial charge in [0.2, 0.25) is 0 Å². The highest BCUT2D eigenvalue weighted by molar-refractivity contribution is 5.77. The van der Waals surface area contributed by atoms with Crippen LogP contribution in [0.15, 0.2) is 35.3 Å². The summed E-state index contributed by atoms with van der Waals surface area (Å²) in [6.07, 6.45) is 4.76. The highest BCUT2D eigenvalue weighted by Crippen LogP contribution is 2.05. The predicted molar refractivity (Wildman–Crippen MR) is 83.3 cm³/mol. The fourth-order valence-corrected chi connectivity index (χ4v) is 1.83. The van der Waals surface area contributed by atoms with Gasteiger partial charge in [0, 0.05) is 13.1 Å². The van der Waals surface area contributed by atoms with Crippen molar-refractivity contribution in [2.45, 2.75) is 39.5 Å². The third-order valence-corrected chi connectivity index (χ3v) is 2.92. The number of hydrogen-bond acceptors (Lipinski definition) is 1. The van der Waals surface area contributed by atoms with E-state index in [4.69, 9.17) is 5.73 Å². The molecule has 19 heavy (non-hydrogen) atoms. The number of nitrogens with two attached hydrogens (primary N) is 1. The monoisotopic (exact) mass is 261 g/mol. The second-order valence-corrected chi connectivity index (χ2v) is 5.34. The van der Waals surface area contributed by atoms with Crippen LogP contribution in [0.25, 0.3) is 0 Å². The summed E-state index contributed by atoms with van der Waals surface area (Å²) in [7, 11) is 0. The van der Waals surface area contributed by atoms with Crippen LogP contribution in [0.4, 0.5) is 0 Å². The zero-order chi connectivity index (χ0) is 13.9. The minimum absolute atomic E-state index is 0.561. The maximum absolute atomic E-state index is 5.77. The summed E-state index contributed by atoms with van der Waals surface area (Å²) in [6, 6.07) is 10.6. The second kappa shape index (κ2) is 9.42. The van der Waals surface area contributed by atoms with Gasteiger partial charge < -0.3 is 11.1 Å². The zero-order valence-electron chi connectivity index (χ0n) is 12.2. The summed E-state index contributed by atoms with van der Waals surface area (Å²) in [4.78, 5) is 4.27. The molecule has 1 aromatic carbocycles. The van der Waals surface area contributed by atoms with Gasteiger partial charge >= 0.3 is 0 Å². The molecule has 0 amide bonds. The average Bonchev–Trinajstić information content (AvgIpc) is 2.41. The average molecular weight is 261 g/mol. The van der Waals surface area contributed by atoms with E-state index < -0.39 is 0 Å². The number of benzene rings is 1. The van der Waals surface area contributed by atoms with E-state index in [1.807, 2.05) is 0 Å². The van der Waals surface area contributed by atoms with E-state index in [-0.39, 0.29) is 0 Å². The topological polar surface area (TPSA) is 50.4 Å². The van der Waals surface area contributed by atoms with E-state index in [1.165, 1.54) is 18.4 Å². The second-order valence-electron chi connectivity index (χ2n) is 5.34. The lowest BCUT2D eigenvalue weighted by atomic mass is 10.1. The number of nitrogens with zero attached hydrogens (tertiary/aromatic N) is 1. The number of nitrogens with one attached hydrogen (secondary N) is 1. The Morgan fingerprint density at radius 2 is 1.89 bits per heavy atom. The van der Waals surface area contributed by atoms with Crippen LogP contribution < -0.4 is 11.1 Å². The van der Waals surface area contributed by atoms with Crippen molar-refractivity contribution in [1.29, 1.82) is 0 Å². The molecule has 0 aliphatic carbocycles. The first-order valence-corrected chi connectivity index (χ1v) is 7.26. The zero-order valence-corrected chi connectivity index (χ0v) is 12.2. The Hall–Kier alpha value is -1.51. The fraction of sp³-hybridized carbons (Fsp3) is 0.562. The molecule has 0 aliphatic heterocycles. The number of hydrogen-bond donors (Lipinski definition) is 2. The van der Waals surface area contributed by atoms with Crippen LogP contribution in [-0.2, 0) is 6.42 Å². The Bertz CT molecular complexity index is 358. The van der Waals surface area contributed by atoms with Gasteiger partial charge in [-0.2, -0.15) is 0 Å². The van der Waals surface area contributed by atoms with Crippen LogP contribution in [0.5, 0.6) is 0 Å². The first-order chi connectivity index (χ1) is 9.18. The Kier molecular flexibility index (Phi) is 7.71. The van der Waals surface area contributed by atoms with Crippen LogP contribution in [0, 0.1) is 5.92 Å². The summed E-state index contributed by atoms with van der Waals surface area (Å²) >= 11 is 0. The fourth-order valence-electron chi connectivity index (χ4n) is 1.83. The van der Waals surface area contributed by atoms with Gasteiger partial charge in [-0.25, -0.2) is 0 Å². The molecular formula is C16H27N3. The standard InChI is InChI=1S/C16H27N3/c1-14(2)13-19-16(17)18-12-8-4-7-11-15-9-5-3-6-10-15/h3,5-6,9-10,14H,4,7-8,11-13H2,1-2H3,(H3,17,18,19). The number of guanidine groups is 1. The summed E-state index contributed by atoms with van der Waals surface area (Å²) in [5.74, 6) is 1.14. The van der Waals surface area contributed by atoms with Gasteiger partial charge in [0.05, 0.1) is 0 Å². The molecule has 0 unspecified atom stereocenters. The molecule has 0 saturated carbocycles. The minimum atomic E-state index is 0.561. The van der Waals surface area contributed by atoms with E-state index in [0.29, 0.717) is 11.9 Å². The molecule has 0 heterocycles. The van der Waals surface area contributed by atoms with Gasteiger partial charge in [-0.1, -0.05) is 50.6 Å². The Morgan fingerprint density at radius 1 is 1.16 bits per heavy atom. The maximum atomic E-state index is 5.77. The molecule has 0 aliphatic rings.